The first-order valence-corrected chi connectivity index (χ1v) is 10.7. The number of hydrogen-bond acceptors (Lipinski definition) is 7. The molecule has 1 N–H and O–H groups in total. The van der Waals surface area contributed by atoms with E-state index in [9.17, 15) is 14.0 Å². The number of benzene rings is 1. The molecule has 0 spiro atoms. The van der Waals surface area contributed by atoms with Crippen molar-refractivity contribution in [2.24, 2.45) is 0 Å². The second-order valence-electron chi connectivity index (χ2n) is 6.44. The highest BCUT2D eigenvalue weighted by molar-refractivity contribution is 7.99. The highest BCUT2D eigenvalue weighted by Crippen LogP contribution is 2.27. The van der Waals surface area contributed by atoms with Gasteiger partial charge in [0.1, 0.15) is 23.4 Å². The lowest BCUT2D eigenvalue weighted by molar-refractivity contribution is -0.116. The van der Waals surface area contributed by atoms with Crippen LogP contribution in [0.4, 0.5) is 15.2 Å². The standard InChI is InChI=1S/C18H18FN5O2S2/c1-11-2-3-12(8-13(11)19)21-14(25)9-24-10-20-16-15(17(24)26)28-18(22-16)23-4-6-27-7-5-23/h2-3,8,10H,4-7,9H2,1H3,(H,21,25). The van der Waals surface area contributed by atoms with Crippen LogP contribution >= 0.6 is 23.1 Å². The van der Waals surface area contributed by atoms with Crippen molar-refractivity contribution in [2.75, 3.05) is 34.8 Å². The fraction of sp³-hybridized carbons (Fsp3) is 0.333. The predicted molar refractivity (Wildman–Crippen MR) is 111 cm³/mol. The van der Waals surface area contributed by atoms with Crippen LogP contribution in [0.5, 0.6) is 0 Å². The van der Waals surface area contributed by atoms with Gasteiger partial charge in [0.15, 0.2) is 10.8 Å². The molecule has 1 saturated heterocycles. The van der Waals surface area contributed by atoms with Gasteiger partial charge in [-0.3, -0.25) is 14.2 Å². The first-order chi connectivity index (χ1) is 13.5. The molecule has 2 aromatic heterocycles. The smallest absolute Gasteiger partial charge is 0.273 e. The number of nitrogens with zero attached hydrogens (tertiary/aromatic N) is 4. The summed E-state index contributed by atoms with van der Waals surface area (Å²) >= 11 is 3.21. The van der Waals surface area contributed by atoms with Gasteiger partial charge in [0.05, 0.1) is 0 Å². The van der Waals surface area contributed by atoms with Crippen LogP contribution in [-0.4, -0.2) is 45.0 Å². The number of anilines is 2. The fourth-order valence-electron chi connectivity index (χ4n) is 2.86. The molecule has 0 aliphatic carbocycles. The number of halogens is 1. The number of nitrogens with one attached hydrogen (secondary N) is 1. The Labute approximate surface area is 168 Å². The monoisotopic (exact) mass is 419 g/mol. The van der Waals surface area contributed by atoms with Gasteiger partial charge in [-0.1, -0.05) is 17.4 Å². The molecule has 1 fully saturated rings. The van der Waals surface area contributed by atoms with E-state index in [0.29, 0.717) is 21.6 Å². The van der Waals surface area contributed by atoms with Crippen LogP contribution in [0.1, 0.15) is 5.56 Å². The molecule has 0 bridgehead atoms. The molecule has 7 nitrogen and oxygen atoms in total. The number of amides is 1. The van der Waals surface area contributed by atoms with Crippen molar-refractivity contribution in [3.8, 4) is 0 Å². The van der Waals surface area contributed by atoms with E-state index in [1.807, 2.05) is 11.8 Å². The molecule has 0 saturated carbocycles. The number of carbonyl (C=O) groups is 1. The largest absolute Gasteiger partial charge is 0.346 e. The zero-order chi connectivity index (χ0) is 19.7. The Morgan fingerprint density at radius 3 is 2.86 bits per heavy atom. The predicted octanol–water partition coefficient (Wildman–Crippen LogP) is 2.49. The topological polar surface area (TPSA) is 80.1 Å². The van der Waals surface area contributed by atoms with Gasteiger partial charge in [-0.15, -0.1) is 0 Å². The van der Waals surface area contributed by atoms with E-state index < -0.39 is 11.7 Å². The second-order valence-corrected chi connectivity index (χ2v) is 8.64. The summed E-state index contributed by atoms with van der Waals surface area (Å²) in [4.78, 5) is 35.9. The van der Waals surface area contributed by atoms with Gasteiger partial charge in [0, 0.05) is 30.3 Å². The fourth-order valence-corrected chi connectivity index (χ4v) is 4.79. The van der Waals surface area contributed by atoms with Gasteiger partial charge in [-0.05, 0) is 24.6 Å². The van der Waals surface area contributed by atoms with Crippen LogP contribution in [0.3, 0.4) is 0 Å². The Morgan fingerprint density at radius 2 is 2.11 bits per heavy atom. The number of thiazole rings is 1. The van der Waals surface area contributed by atoms with Crippen LogP contribution in [0.2, 0.25) is 0 Å². The lowest BCUT2D eigenvalue weighted by Crippen LogP contribution is -2.32. The van der Waals surface area contributed by atoms with Crippen LogP contribution in [0.15, 0.2) is 29.3 Å². The maximum Gasteiger partial charge on any atom is 0.273 e. The van der Waals surface area contributed by atoms with Crippen LogP contribution in [-0.2, 0) is 11.3 Å². The molecule has 28 heavy (non-hydrogen) atoms. The van der Waals surface area contributed by atoms with E-state index in [-0.39, 0.29) is 12.1 Å². The third-order valence-corrected chi connectivity index (χ3v) is 6.46. The SMILES string of the molecule is Cc1ccc(NC(=O)Cn2cnc3nc(N4CCSCC4)sc3c2=O)cc1F. The summed E-state index contributed by atoms with van der Waals surface area (Å²) in [5.74, 6) is 1.25. The third kappa shape index (κ3) is 3.88. The van der Waals surface area contributed by atoms with Crippen LogP contribution in [0.25, 0.3) is 10.3 Å². The van der Waals surface area contributed by atoms with Crippen molar-refractivity contribution in [3.05, 3.63) is 46.3 Å². The molecule has 0 atom stereocenters. The Balaban J connectivity index is 1.53. The first-order valence-electron chi connectivity index (χ1n) is 8.76. The van der Waals surface area contributed by atoms with Crippen molar-refractivity contribution >= 4 is 50.2 Å². The first kappa shape index (κ1) is 18.9. The molecule has 0 unspecified atom stereocenters. The van der Waals surface area contributed by atoms with Gasteiger partial charge < -0.3 is 10.2 Å². The molecule has 3 heterocycles. The normalized spacial score (nSPS) is 14.4. The summed E-state index contributed by atoms with van der Waals surface area (Å²) in [6.07, 6.45) is 1.33. The molecule has 10 heteroatoms. The van der Waals surface area contributed by atoms with Crippen molar-refractivity contribution in [3.63, 3.8) is 0 Å². The molecule has 0 radical (unpaired) electrons. The zero-order valence-corrected chi connectivity index (χ0v) is 16.8. The quantitative estimate of drug-likeness (QED) is 0.700. The molecular formula is C18H18FN5O2S2. The minimum absolute atomic E-state index is 0.204. The number of fused-ring (bicyclic) bond motifs is 1. The molecule has 1 aliphatic heterocycles. The third-order valence-electron chi connectivity index (χ3n) is 4.42. The maximum atomic E-state index is 13.6. The molecule has 1 amide bonds. The van der Waals surface area contributed by atoms with E-state index in [0.717, 1.165) is 29.7 Å². The highest BCUT2D eigenvalue weighted by Gasteiger charge is 2.18. The molecular weight excluding hydrogens is 401 g/mol. The minimum Gasteiger partial charge on any atom is -0.346 e. The summed E-state index contributed by atoms with van der Waals surface area (Å²) < 4.78 is 15.3. The van der Waals surface area contributed by atoms with Crippen LogP contribution in [0, 0.1) is 12.7 Å². The molecule has 146 valence electrons. The molecule has 1 aromatic carbocycles. The number of aromatic nitrogens is 3. The number of thioether (sulfide) groups is 1. The van der Waals surface area contributed by atoms with E-state index in [1.165, 1.54) is 28.3 Å². The molecule has 3 aromatic rings. The average Bonchev–Trinajstić information content (AvgIpc) is 3.13. The molecule has 4 rings (SSSR count). The van der Waals surface area contributed by atoms with E-state index >= 15 is 0 Å². The average molecular weight is 420 g/mol. The zero-order valence-electron chi connectivity index (χ0n) is 15.1. The maximum absolute atomic E-state index is 13.6. The van der Waals surface area contributed by atoms with Crippen LogP contribution < -0.4 is 15.8 Å². The Kier molecular flexibility index (Phi) is 5.31. The number of hydrogen-bond donors (Lipinski definition) is 1. The van der Waals surface area contributed by atoms with E-state index in [1.54, 1.807) is 19.1 Å². The number of aryl methyl sites for hydroxylation is 1. The van der Waals surface area contributed by atoms with Gasteiger partial charge in [0.2, 0.25) is 5.91 Å². The van der Waals surface area contributed by atoms with Crippen molar-refractivity contribution in [1.29, 1.82) is 0 Å². The Morgan fingerprint density at radius 1 is 1.32 bits per heavy atom. The van der Waals surface area contributed by atoms with Crippen molar-refractivity contribution in [1.82, 2.24) is 14.5 Å². The van der Waals surface area contributed by atoms with E-state index in [4.69, 9.17) is 0 Å². The highest BCUT2D eigenvalue weighted by atomic mass is 32.2. The van der Waals surface area contributed by atoms with Gasteiger partial charge >= 0.3 is 0 Å². The van der Waals surface area contributed by atoms with Gasteiger partial charge in [0.25, 0.3) is 5.56 Å². The number of rotatable bonds is 4. The van der Waals surface area contributed by atoms with Crippen molar-refractivity contribution in [2.45, 2.75) is 13.5 Å². The Bertz CT molecular complexity index is 1090. The summed E-state index contributed by atoms with van der Waals surface area (Å²) in [5.41, 5.74) is 0.946. The summed E-state index contributed by atoms with van der Waals surface area (Å²) in [6, 6.07) is 4.46. The van der Waals surface area contributed by atoms with Gasteiger partial charge in [-0.25, -0.2) is 9.37 Å². The van der Waals surface area contributed by atoms with E-state index in [2.05, 4.69) is 20.2 Å². The summed E-state index contributed by atoms with van der Waals surface area (Å²) in [6.45, 7) is 3.24. The second kappa shape index (κ2) is 7.88. The lowest BCUT2D eigenvalue weighted by atomic mass is 10.2. The lowest BCUT2D eigenvalue weighted by Gasteiger charge is -2.25. The summed E-state index contributed by atoms with van der Waals surface area (Å²) in [7, 11) is 0. The summed E-state index contributed by atoms with van der Waals surface area (Å²) in [5, 5.41) is 3.39. The number of carbonyl (C=O) groups excluding carboxylic acids is 1. The van der Waals surface area contributed by atoms with Gasteiger partial charge in [-0.2, -0.15) is 16.7 Å². The minimum atomic E-state index is -0.427. The Hall–Kier alpha value is -2.46. The van der Waals surface area contributed by atoms with Crippen molar-refractivity contribution < 1.29 is 9.18 Å². The molecule has 1 aliphatic rings.